The molecule has 0 aliphatic carbocycles. The summed E-state index contributed by atoms with van der Waals surface area (Å²) in [6.07, 6.45) is 3.73. The average molecular weight is 488 g/mol. The second-order valence-corrected chi connectivity index (χ2v) is 9.10. The zero-order valence-electron chi connectivity index (χ0n) is 20.7. The molecule has 1 saturated heterocycles. The summed E-state index contributed by atoms with van der Waals surface area (Å²) in [7, 11) is 1.92. The minimum atomic E-state index is -0.325. The van der Waals surface area contributed by atoms with E-state index in [9.17, 15) is 9.59 Å². The Hall–Kier alpha value is -4.08. The van der Waals surface area contributed by atoms with Gasteiger partial charge in [0.1, 0.15) is 5.69 Å². The lowest BCUT2D eigenvalue weighted by Gasteiger charge is -2.30. The molecule has 0 unspecified atom stereocenters. The number of nitrogens with zero attached hydrogens (tertiary/aromatic N) is 6. The van der Waals surface area contributed by atoms with Crippen LogP contribution in [0.4, 0.5) is 0 Å². The van der Waals surface area contributed by atoms with Gasteiger partial charge in [-0.1, -0.05) is 30.3 Å². The predicted molar refractivity (Wildman–Crippen MR) is 133 cm³/mol. The van der Waals surface area contributed by atoms with Crippen molar-refractivity contribution in [3.63, 3.8) is 0 Å². The quantitative estimate of drug-likeness (QED) is 0.444. The molecular formula is C26H29N7O3. The van der Waals surface area contributed by atoms with E-state index < -0.39 is 0 Å². The number of amides is 2. The maximum atomic E-state index is 12.7. The fraction of sp³-hybridized carbons (Fsp3) is 0.385. The van der Waals surface area contributed by atoms with Crippen molar-refractivity contribution in [3.05, 3.63) is 59.4 Å². The third-order valence-corrected chi connectivity index (χ3v) is 6.82. The van der Waals surface area contributed by atoms with Crippen LogP contribution in [0.5, 0.6) is 0 Å². The summed E-state index contributed by atoms with van der Waals surface area (Å²) in [6.45, 7) is 5.05. The Morgan fingerprint density at radius 1 is 1.19 bits per heavy atom. The topological polar surface area (TPSA) is 119 Å². The lowest BCUT2D eigenvalue weighted by molar-refractivity contribution is -0.131. The van der Waals surface area contributed by atoms with Crippen molar-refractivity contribution < 1.29 is 14.1 Å². The van der Waals surface area contributed by atoms with Gasteiger partial charge in [-0.25, -0.2) is 0 Å². The first-order valence-electron chi connectivity index (χ1n) is 12.2. The number of carbonyl (C=O) groups is 2. The summed E-state index contributed by atoms with van der Waals surface area (Å²) >= 11 is 0. The molecule has 4 aromatic rings. The Kier molecular flexibility index (Phi) is 6.49. The number of likely N-dealkylation sites (tertiary alicyclic amines) is 1. The van der Waals surface area contributed by atoms with Gasteiger partial charge in [0, 0.05) is 43.2 Å². The van der Waals surface area contributed by atoms with E-state index in [1.807, 2.05) is 49.8 Å². The molecule has 10 heteroatoms. The molecule has 36 heavy (non-hydrogen) atoms. The Morgan fingerprint density at radius 3 is 2.78 bits per heavy atom. The van der Waals surface area contributed by atoms with Crippen molar-refractivity contribution in [2.24, 2.45) is 7.05 Å². The minimum absolute atomic E-state index is 0.0517. The fourth-order valence-electron chi connectivity index (χ4n) is 4.75. The number of benzene rings is 1. The number of pyridine rings is 1. The van der Waals surface area contributed by atoms with E-state index in [4.69, 9.17) is 4.52 Å². The minimum Gasteiger partial charge on any atom is -0.342 e. The molecule has 0 spiro atoms. The highest BCUT2D eigenvalue weighted by Gasteiger charge is 2.28. The molecule has 2 amide bonds. The summed E-state index contributed by atoms with van der Waals surface area (Å²) < 4.78 is 7.45. The molecule has 0 radical (unpaired) electrons. The lowest BCUT2D eigenvalue weighted by Crippen LogP contribution is -2.44. The van der Waals surface area contributed by atoms with Crippen molar-refractivity contribution >= 4 is 22.7 Å². The van der Waals surface area contributed by atoms with Crippen molar-refractivity contribution in [2.75, 3.05) is 19.6 Å². The molecule has 4 heterocycles. The van der Waals surface area contributed by atoms with E-state index in [1.54, 1.807) is 17.2 Å². The van der Waals surface area contributed by atoms with Gasteiger partial charge in [-0.3, -0.25) is 19.3 Å². The molecule has 10 nitrogen and oxygen atoms in total. The van der Waals surface area contributed by atoms with Crippen LogP contribution in [0.2, 0.25) is 0 Å². The maximum absolute atomic E-state index is 12.7. The van der Waals surface area contributed by atoms with Gasteiger partial charge in [0.15, 0.2) is 0 Å². The van der Waals surface area contributed by atoms with Crippen molar-refractivity contribution in [1.29, 1.82) is 0 Å². The van der Waals surface area contributed by atoms with Crippen LogP contribution < -0.4 is 5.32 Å². The van der Waals surface area contributed by atoms with E-state index in [1.165, 1.54) is 0 Å². The molecule has 5 rings (SSSR count). The van der Waals surface area contributed by atoms with Crippen LogP contribution in [0.15, 0.2) is 41.1 Å². The summed E-state index contributed by atoms with van der Waals surface area (Å²) in [4.78, 5) is 35.8. The number of hydrogen-bond donors (Lipinski definition) is 1. The zero-order chi connectivity index (χ0) is 25.2. The monoisotopic (exact) mass is 487 g/mol. The number of fused-ring (bicyclic) bond motifs is 1. The summed E-state index contributed by atoms with van der Waals surface area (Å²) in [5.74, 6) is 0.797. The van der Waals surface area contributed by atoms with Gasteiger partial charge in [0.05, 0.1) is 17.8 Å². The first-order chi connectivity index (χ1) is 17.4. The van der Waals surface area contributed by atoms with Crippen LogP contribution in [0, 0.1) is 6.92 Å². The van der Waals surface area contributed by atoms with Gasteiger partial charge in [-0.05, 0) is 43.9 Å². The number of nitrogens with one attached hydrogen (secondary N) is 1. The first-order valence-corrected chi connectivity index (χ1v) is 12.2. The molecule has 3 aromatic heterocycles. The third-order valence-electron chi connectivity index (χ3n) is 6.82. The molecule has 186 valence electrons. The maximum Gasteiger partial charge on any atom is 0.270 e. The summed E-state index contributed by atoms with van der Waals surface area (Å²) in [5.41, 5.74) is 4.11. The van der Waals surface area contributed by atoms with Crippen LogP contribution in [0.3, 0.4) is 0 Å². The predicted octanol–water partition coefficient (Wildman–Crippen LogP) is 3.03. The number of rotatable bonds is 6. The molecule has 1 fully saturated rings. The normalized spacial score (nSPS) is 14.4. The van der Waals surface area contributed by atoms with E-state index in [-0.39, 0.29) is 24.3 Å². The zero-order valence-corrected chi connectivity index (χ0v) is 20.7. The summed E-state index contributed by atoms with van der Waals surface area (Å²) in [6, 6.07) is 9.71. The average Bonchev–Trinajstić information content (AvgIpc) is 3.51. The smallest absolute Gasteiger partial charge is 0.270 e. The fourth-order valence-corrected chi connectivity index (χ4v) is 4.75. The van der Waals surface area contributed by atoms with Gasteiger partial charge >= 0.3 is 0 Å². The molecule has 1 aliphatic heterocycles. The van der Waals surface area contributed by atoms with E-state index >= 15 is 0 Å². The van der Waals surface area contributed by atoms with Crippen LogP contribution in [0.25, 0.3) is 22.3 Å². The number of aryl methyl sites for hydroxylation is 3. The van der Waals surface area contributed by atoms with Crippen LogP contribution in [-0.2, 0) is 18.3 Å². The van der Waals surface area contributed by atoms with Gasteiger partial charge in [0.2, 0.25) is 17.6 Å². The molecule has 0 bridgehead atoms. The number of carbonyl (C=O) groups excluding carboxylic acids is 2. The lowest BCUT2D eigenvalue weighted by atomic mass is 9.96. The molecular weight excluding hydrogens is 458 g/mol. The van der Waals surface area contributed by atoms with Crippen LogP contribution >= 0.6 is 0 Å². The van der Waals surface area contributed by atoms with Gasteiger partial charge in [0.25, 0.3) is 5.91 Å². The standard InChI is InChI=1S/C26H29N7O3/c1-4-17-6-5-11-27-23(17)25(35)28-15-22(34)33-12-9-18(10-13-33)26-29-24(31-36-26)19-7-8-20-16(2)30-32(3)21(20)14-19/h5-8,11,14,18H,4,9-10,12-13,15H2,1-3H3,(H,28,35). The Balaban J connectivity index is 1.17. The van der Waals surface area contributed by atoms with Crippen molar-refractivity contribution in [2.45, 2.75) is 39.0 Å². The van der Waals surface area contributed by atoms with Gasteiger partial charge in [-0.2, -0.15) is 10.1 Å². The highest BCUT2D eigenvalue weighted by atomic mass is 16.5. The Bertz CT molecular complexity index is 1420. The first kappa shape index (κ1) is 23.7. The van der Waals surface area contributed by atoms with E-state index in [0.717, 1.165) is 40.6 Å². The number of hydrogen-bond acceptors (Lipinski definition) is 7. The molecule has 0 atom stereocenters. The van der Waals surface area contributed by atoms with E-state index in [2.05, 4.69) is 25.5 Å². The highest BCUT2D eigenvalue weighted by Crippen LogP contribution is 2.30. The van der Waals surface area contributed by atoms with Crippen LogP contribution in [-0.4, -0.2) is 61.3 Å². The third kappa shape index (κ3) is 4.58. The number of aromatic nitrogens is 5. The molecule has 1 N–H and O–H groups in total. The van der Waals surface area contributed by atoms with Gasteiger partial charge < -0.3 is 14.7 Å². The molecule has 1 aromatic carbocycles. The largest absolute Gasteiger partial charge is 0.342 e. The Morgan fingerprint density at radius 2 is 2.00 bits per heavy atom. The van der Waals surface area contributed by atoms with Gasteiger partial charge in [-0.15, -0.1) is 0 Å². The Labute approximate surface area is 208 Å². The van der Waals surface area contributed by atoms with E-state index in [0.29, 0.717) is 36.9 Å². The summed E-state index contributed by atoms with van der Waals surface area (Å²) in [5, 5.41) is 12.5. The van der Waals surface area contributed by atoms with Crippen LogP contribution in [0.1, 0.15) is 53.3 Å². The van der Waals surface area contributed by atoms with Crippen molar-refractivity contribution in [1.82, 2.24) is 35.1 Å². The number of piperidine rings is 1. The molecule has 1 aliphatic rings. The molecule has 0 saturated carbocycles. The second-order valence-electron chi connectivity index (χ2n) is 9.10. The van der Waals surface area contributed by atoms with Crippen molar-refractivity contribution in [3.8, 4) is 11.4 Å². The second kappa shape index (κ2) is 9.88. The SMILES string of the molecule is CCc1cccnc1C(=O)NCC(=O)N1CCC(c2nc(-c3ccc4c(C)nn(C)c4c3)no2)CC1. The highest BCUT2D eigenvalue weighted by molar-refractivity contribution is 5.96.